The van der Waals surface area contributed by atoms with Crippen LogP contribution in [0.15, 0.2) is 17.0 Å². The van der Waals surface area contributed by atoms with Crippen molar-refractivity contribution in [1.82, 2.24) is 5.32 Å². The number of primary sulfonamides is 1. The van der Waals surface area contributed by atoms with Gasteiger partial charge in [0.05, 0.1) is 7.11 Å². The lowest BCUT2D eigenvalue weighted by Gasteiger charge is -2.13. The van der Waals surface area contributed by atoms with E-state index in [1.54, 1.807) is 6.07 Å². The summed E-state index contributed by atoms with van der Waals surface area (Å²) in [7, 11) is -2.44. The largest absolute Gasteiger partial charge is 0.495 e. The zero-order valence-electron chi connectivity index (χ0n) is 9.94. The van der Waals surface area contributed by atoms with E-state index < -0.39 is 10.0 Å². The van der Waals surface area contributed by atoms with Crippen molar-refractivity contribution in [3.63, 3.8) is 0 Å². The van der Waals surface area contributed by atoms with Gasteiger partial charge in [0.1, 0.15) is 10.6 Å². The summed E-state index contributed by atoms with van der Waals surface area (Å²) in [5.41, 5.74) is 0.695. The molecule has 0 radical (unpaired) electrons. The topological polar surface area (TPSA) is 81.4 Å². The molecule has 1 aromatic carbocycles. The summed E-state index contributed by atoms with van der Waals surface area (Å²) in [6, 6.07) is 3.49. The first-order valence-electron chi connectivity index (χ1n) is 5.54. The number of hydrogen-bond donors (Lipinski definition) is 2. The molecule has 1 aliphatic rings. The van der Waals surface area contributed by atoms with E-state index in [9.17, 15) is 8.42 Å². The average molecular weight is 291 g/mol. The van der Waals surface area contributed by atoms with Crippen molar-refractivity contribution < 1.29 is 13.2 Å². The molecule has 5 nitrogen and oxygen atoms in total. The van der Waals surface area contributed by atoms with Crippen molar-refractivity contribution in [3.05, 3.63) is 22.7 Å². The first kappa shape index (κ1) is 13.6. The molecule has 0 atom stereocenters. The fourth-order valence-corrected chi connectivity index (χ4v) is 2.81. The van der Waals surface area contributed by atoms with E-state index in [1.807, 2.05) is 0 Å². The van der Waals surface area contributed by atoms with Crippen molar-refractivity contribution in [3.8, 4) is 5.75 Å². The van der Waals surface area contributed by atoms with E-state index in [4.69, 9.17) is 21.5 Å². The van der Waals surface area contributed by atoms with Gasteiger partial charge in [-0.1, -0.05) is 11.6 Å². The van der Waals surface area contributed by atoms with Crippen molar-refractivity contribution in [2.45, 2.75) is 30.3 Å². The Morgan fingerprint density at radius 1 is 1.50 bits per heavy atom. The normalized spacial score (nSPS) is 15.7. The monoisotopic (exact) mass is 290 g/mol. The SMILES string of the molecule is COc1c(CNC2CC2)cc(Cl)cc1S(N)(=O)=O. The molecule has 18 heavy (non-hydrogen) atoms. The number of benzene rings is 1. The third-order valence-corrected chi connectivity index (χ3v) is 3.90. The Hall–Kier alpha value is -0.820. The molecule has 0 spiro atoms. The van der Waals surface area contributed by atoms with Crippen LogP contribution in [0.5, 0.6) is 5.75 Å². The van der Waals surface area contributed by atoms with Crippen LogP contribution in [0.25, 0.3) is 0 Å². The molecule has 0 amide bonds. The van der Waals surface area contributed by atoms with Gasteiger partial charge in [0.15, 0.2) is 0 Å². The number of hydrogen-bond acceptors (Lipinski definition) is 4. The maximum absolute atomic E-state index is 11.5. The highest BCUT2D eigenvalue weighted by atomic mass is 35.5. The minimum atomic E-state index is -3.85. The highest BCUT2D eigenvalue weighted by Crippen LogP contribution is 2.31. The van der Waals surface area contributed by atoms with Gasteiger partial charge in [0, 0.05) is 23.2 Å². The maximum atomic E-state index is 11.5. The van der Waals surface area contributed by atoms with Crippen LogP contribution in [-0.2, 0) is 16.6 Å². The summed E-state index contributed by atoms with van der Waals surface area (Å²) in [6.07, 6.45) is 2.29. The van der Waals surface area contributed by atoms with Crippen LogP contribution in [0.2, 0.25) is 5.02 Å². The Bertz CT molecular complexity index is 556. The molecular formula is C11H15ClN2O3S. The van der Waals surface area contributed by atoms with Gasteiger partial charge in [-0.2, -0.15) is 0 Å². The predicted octanol–water partition coefficient (Wildman–Crippen LogP) is 1.25. The molecular weight excluding hydrogens is 276 g/mol. The number of nitrogens with one attached hydrogen (secondary N) is 1. The van der Waals surface area contributed by atoms with E-state index >= 15 is 0 Å². The highest BCUT2D eigenvalue weighted by molar-refractivity contribution is 7.89. The van der Waals surface area contributed by atoms with E-state index in [0.29, 0.717) is 23.2 Å². The molecule has 0 aliphatic heterocycles. The maximum Gasteiger partial charge on any atom is 0.241 e. The number of rotatable bonds is 5. The quantitative estimate of drug-likeness (QED) is 0.855. The minimum Gasteiger partial charge on any atom is -0.495 e. The zero-order valence-corrected chi connectivity index (χ0v) is 11.5. The number of ether oxygens (including phenoxy) is 1. The van der Waals surface area contributed by atoms with Crippen LogP contribution in [0, 0.1) is 0 Å². The minimum absolute atomic E-state index is 0.0786. The number of methoxy groups -OCH3 is 1. The summed E-state index contributed by atoms with van der Waals surface area (Å²) in [5.74, 6) is 0.259. The van der Waals surface area contributed by atoms with Crippen molar-refractivity contribution in [2.24, 2.45) is 5.14 Å². The number of nitrogens with two attached hydrogens (primary N) is 1. The third kappa shape index (κ3) is 3.14. The lowest BCUT2D eigenvalue weighted by molar-refractivity contribution is 0.395. The lowest BCUT2D eigenvalue weighted by atomic mass is 10.2. The summed E-state index contributed by atoms with van der Waals surface area (Å²) >= 11 is 5.91. The fourth-order valence-electron chi connectivity index (χ4n) is 1.74. The Balaban J connectivity index is 2.40. The highest BCUT2D eigenvalue weighted by Gasteiger charge is 2.23. The third-order valence-electron chi connectivity index (χ3n) is 2.77. The van der Waals surface area contributed by atoms with E-state index in [1.165, 1.54) is 13.2 Å². The molecule has 0 bridgehead atoms. The molecule has 3 N–H and O–H groups in total. The van der Waals surface area contributed by atoms with Gasteiger partial charge in [-0.15, -0.1) is 0 Å². The predicted molar refractivity (Wildman–Crippen MR) is 69.2 cm³/mol. The van der Waals surface area contributed by atoms with Crippen LogP contribution in [0.1, 0.15) is 18.4 Å². The van der Waals surface area contributed by atoms with Crippen LogP contribution < -0.4 is 15.2 Å². The van der Waals surface area contributed by atoms with Gasteiger partial charge in [0.25, 0.3) is 0 Å². The number of halogens is 1. The van der Waals surface area contributed by atoms with E-state index in [0.717, 1.165) is 12.8 Å². The smallest absolute Gasteiger partial charge is 0.241 e. The molecule has 7 heteroatoms. The second-order valence-corrected chi connectivity index (χ2v) is 6.26. The van der Waals surface area contributed by atoms with Gasteiger partial charge in [0.2, 0.25) is 10.0 Å². The number of sulfonamides is 1. The van der Waals surface area contributed by atoms with Crippen LogP contribution in [0.4, 0.5) is 0 Å². The molecule has 0 aromatic heterocycles. The van der Waals surface area contributed by atoms with Crippen LogP contribution >= 0.6 is 11.6 Å². The van der Waals surface area contributed by atoms with Crippen LogP contribution in [-0.4, -0.2) is 21.6 Å². The Morgan fingerprint density at radius 3 is 2.67 bits per heavy atom. The Labute approximate surface area is 111 Å². The lowest BCUT2D eigenvalue weighted by Crippen LogP contribution is -2.18. The molecule has 1 aliphatic carbocycles. The van der Waals surface area contributed by atoms with Crippen molar-refractivity contribution in [1.29, 1.82) is 0 Å². The molecule has 0 unspecified atom stereocenters. The molecule has 2 rings (SSSR count). The summed E-state index contributed by atoms with van der Waals surface area (Å²) in [4.78, 5) is -0.0786. The Morgan fingerprint density at radius 2 is 2.17 bits per heavy atom. The van der Waals surface area contributed by atoms with Crippen LogP contribution in [0.3, 0.4) is 0 Å². The van der Waals surface area contributed by atoms with Gasteiger partial charge in [-0.05, 0) is 25.0 Å². The molecule has 100 valence electrons. The van der Waals surface area contributed by atoms with Gasteiger partial charge in [-0.25, -0.2) is 13.6 Å². The van der Waals surface area contributed by atoms with Crippen molar-refractivity contribution >= 4 is 21.6 Å². The molecule has 0 saturated heterocycles. The molecule has 1 saturated carbocycles. The fraction of sp³-hybridized carbons (Fsp3) is 0.455. The molecule has 0 heterocycles. The second-order valence-electron chi connectivity index (χ2n) is 4.30. The standard InChI is InChI=1S/C11H15ClN2O3S/c1-17-11-7(6-14-9-2-3-9)4-8(12)5-10(11)18(13,15)16/h4-5,9,14H,2-3,6H2,1H3,(H2,13,15,16). The second kappa shape index (κ2) is 5.05. The summed E-state index contributed by atoms with van der Waals surface area (Å²) in [5, 5.41) is 8.76. The van der Waals surface area contributed by atoms with Gasteiger partial charge < -0.3 is 10.1 Å². The van der Waals surface area contributed by atoms with E-state index in [2.05, 4.69) is 5.32 Å². The molecule has 1 aromatic rings. The first-order valence-corrected chi connectivity index (χ1v) is 7.47. The first-order chi connectivity index (χ1) is 8.41. The van der Waals surface area contributed by atoms with Gasteiger partial charge >= 0.3 is 0 Å². The average Bonchev–Trinajstić information content (AvgIpc) is 3.08. The summed E-state index contributed by atoms with van der Waals surface area (Å²) < 4.78 is 28.1. The van der Waals surface area contributed by atoms with Gasteiger partial charge in [-0.3, -0.25) is 0 Å². The Kier molecular flexibility index (Phi) is 3.82. The van der Waals surface area contributed by atoms with Crippen molar-refractivity contribution in [2.75, 3.05) is 7.11 Å². The van der Waals surface area contributed by atoms with E-state index in [-0.39, 0.29) is 10.6 Å². The zero-order chi connectivity index (χ0) is 13.3. The molecule has 1 fully saturated rings. The summed E-state index contributed by atoms with van der Waals surface area (Å²) in [6.45, 7) is 0.511.